The van der Waals surface area contributed by atoms with Crippen LogP contribution in [0.4, 0.5) is 5.69 Å². The van der Waals surface area contributed by atoms with E-state index in [1.54, 1.807) is 6.92 Å². The SMILES string of the molecule is CCOC(=O)[C@@H]1[C@@H](C)C=C(C=O)[C@@H](c2ccccc2)[C@]12C(=O)Nc1ccccc12. The summed E-state index contributed by atoms with van der Waals surface area (Å²) in [6, 6.07) is 16.8. The van der Waals surface area contributed by atoms with Crippen molar-refractivity contribution in [2.45, 2.75) is 25.2 Å². The second-order valence-electron chi connectivity index (χ2n) is 7.59. The predicted octanol–water partition coefficient (Wildman–Crippen LogP) is 3.61. The van der Waals surface area contributed by atoms with E-state index in [-0.39, 0.29) is 18.4 Å². The molecule has 148 valence electrons. The minimum atomic E-state index is -1.26. The molecule has 29 heavy (non-hydrogen) atoms. The molecular formula is C24H23NO4. The lowest BCUT2D eigenvalue weighted by atomic mass is 9.53. The van der Waals surface area contributed by atoms with Crippen molar-refractivity contribution in [1.29, 1.82) is 0 Å². The number of carbonyl (C=O) groups excluding carboxylic acids is 3. The van der Waals surface area contributed by atoms with Gasteiger partial charge in [0.25, 0.3) is 0 Å². The highest BCUT2D eigenvalue weighted by Crippen LogP contribution is 2.58. The van der Waals surface area contributed by atoms with E-state index < -0.39 is 23.2 Å². The number of nitrogens with one attached hydrogen (secondary N) is 1. The first-order valence-electron chi connectivity index (χ1n) is 9.85. The zero-order valence-electron chi connectivity index (χ0n) is 16.4. The van der Waals surface area contributed by atoms with Crippen molar-refractivity contribution in [3.8, 4) is 0 Å². The molecule has 0 unspecified atom stereocenters. The van der Waals surface area contributed by atoms with Crippen molar-refractivity contribution in [2.24, 2.45) is 11.8 Å². The van der Waals surface area contributed by atoms with E-state index in [0.29, 0.717) is 11.3 Å². The van der Waals surface area contributed by atoms with Gasteiger partial charge in [-0.05, 0) is 35.6 Å². The van der Waals surface area contributed by atoms with Crippen LogP contribution >= 0.6 is 0 Å². The lowest BCUT2D eigenvalue weighted by Crippen LogP contribution is -2.55. The van der Waals surface area contributed by atoms with Gasteiger partial charge in [-0.1, -0.05) is 61.5 Å². The minimum Gasteiger partial charge on any atom is -0.466 e. The highest BCUT2D eigenvalue weighted by molar-refractivity contribution is 6.11. The Kier molecular flexibility index (Phi) is 4.82. The molecule has 1 aliphatic carbocycles. The number of allylic oxidation sites excluding steroid dienone is 2. The number of fused-ring (bicyclic) bond motifs is 2. The number of benzene rings is 2. The first-order valence-corrected chi connectivity index (χ1v) is 9.85. The minimum absolute atomic E-state index is 0.224. The monoisotopic (exact) mass is 389 g/mol. The summed E-state index contributed by atoms with van der Waals surface area (Å²) in [6.45, 7) is 3.84. The normalized spacial score (nSPS) is 27.7. The van der Waals surface area contributed by atoms with E-state index in [1.165, 1.54) is 0 Å². The lowest BCUT2D eigenvalue weighted by molar-refractivity contribution is -0.156. The Bertz CT molecular complexity index is 997. The van der Waals surface area contributed by atoms with Gasteiger partial charge in [-0.3, -0.25) is 14.4 Å². The number of hydrogen-bond acceptors (Lipinski definition) is 4. The van der Waals surface area contributed by atoms with Crippen LogP contribution < -0.4 is 5.32 Å². The van der Waals surface area contributed by atoms with Crippen LogP contribution in [0.15, 0.2) is 66.2 Å². The van der Waals surface area contributed by atoms with Crippen molar-refractivity contribution >= 4 is 23.9 Å². The maximum absolute atomic E-state index is 13.7. The summed E-state index contributed by atoms with van der Waals surface area (Å²) in [7, 11) is 0. The van der Waals surface area contributed by atoms with E-state index in [9.17, 15) is 14.4 Å². The number of carbonyl (C=O) groups is 3. The van der Waals surface area contributed by atoms with E-state index >= 15 is 0 Å². The van der Waals surface area contributed by atoms with Crippen molar-refractivity contribution < 1.29 is 19.1 Å². The number of para-hydroxylation sites is 1. The first kappa shape index (κ1) is 19.1. The zero-order chi connectivity index (χ0) is 20.6. The molecular weight excluding hydrogens is 366 g/mol. The summed E-state index contributed by atoms with van der Waals surface area (Å²) in [5.74, 6) is -2.37. The maximum atomic E-state index is 13.7. The first-order chi connectivity index (χ1) is 14.1. The molecule has 5 nitrogen and oxygen atoms in total. The molecule has 1 aliphatic heterocycles. The summed E-state index contributed by atoms with van der Waals surface area (Å²) >= 11 is 0. The van der Waals surface area contributed by atoms with Gasteiger partial charge in [-0.2, -0.15) is 0 Å². The van der Waals surface area contributed by atoms with Gasteiger partial charge in [0.05, 0.1) is 12.5 Å². The molecule has 2 aromatic rings. The Hall–Kier alpha value is -3.21. The van der Waals surface area contributed by atoms with E-state index in [4.69, 9.17) is 4.74 Å². The van der Waals surface area contributed by atoms with Crippen LogP contribution in [0.3, 0.4) is 0 Å². The Labute approximate surface area is 169 Å². The van der Waals surface area contributed by atoms with Gasteiger partial charge < -0.3 is 10.1 Å². The van der Waals surface area contributed by atoms with Crippen molar-refractivity contribution in [3.63, 3.8) is 0 Å². The molecule has 5 heteroatoms. The van der Waals surface area contributed by atoms with Crippen LogP contribution in [-0.2, 0) is 24.5 Å². The molecule has 2 aromatic carbocycles. The van der Waals surface area contributed by atoms with Crippen LogP contribution in [0.2, 0.25) is 0 Å². The van der Waals surface area contributed by atoms with Crippen LogP contribution in [0.25, 0.3) is 0 Å². The molecule has 1 N–H and O–H groups in total. The van der Waals surface area contributed by atoms with Crippen molar-refractivity contribution in [1.82, 2.24) is 0 Å². The molecule has 0 aromatic heterocycles. The van der Waals surface area contributed by atoms with Gasteiger partial charge in [0, 0.05) is 11.6 Å². The molecule has 0 radical (unpaired) electrons. The van der Waals surface area contributed by atoms with E-state index in [1.807, 2.05) is 67.6 Å². The van der Waals surface area contributed by atoms with E-state index in [0.717, 1.165) is 17.4 Å². The van der Waals surface area contributed by atoms with Gasteiger partial charge in [0.2, 0.25) is 5.91 Å². The molecule has 1 spiro atoms. The number of aldehydes is 1. The summed E-state index contributed by atoms with van der Waals surface area (Å²) in [5, 5.41) is 2.96. The Morgan fingerprint density at radius 1 is 1.14 bits per heavy atom. The third kappa shape index (κ3) is 2.72. The fourth-order valence-corrected chi connectivity index (χ4v) is 5.09. The highest BCUT2D eigenvalue weighted by atomic mass is 16.5. The number of amides is 1. The number of anilines is 1. The van der Waals surface area contributed by atoms with E-state index in [2.05, 4.69) is 5.32 Å². The highest BCUT2D eigenvalue weighted by Gasteiger charge is 2.63. The molecule has 4 atom stereocenters. The molecule has 2 aliphatic rings. The standard InChI is InChI=1S/C24H23NO4/c1-3-29-22(27)20-15(2)13-17(14-26)21(16-9-5-4-6-10-16)24(20)18-11-7-8-12-19(18)25-23(24)28/h4-15,20-21H,3H2,1-2H3,(H,25,28)/t15-,20-,21+,24+/m0/s1. The van der Waals surface area contributed by atoms with Crippen LogP contribution in [0, 0.1) is 11.8 Å². The third-order valence-corrected chi connectivity index (χ3v) is 6.07. The molecule has 1 heterocycles. The van der Waals surface area contributed by atoms with Crippen molar-refractivity contribution in [2.75, 3.05) is 11.9 Å². The second kappa shape index (κ2) is 7.32. The van der Waals surface area contributed by atoms with Crippen LogP contribution in [-0.4, -0.2) is 24.8 Å². The predicted molar refractivity (Wildman–Crippen MR) is 109 cm³/mol. The molecule has 0 saturated carbocycles. The maximum Gasteiger partial charge on any atom is 0.310 e. The smallest absolute Gasteiger partial charge is 0.310 e. The summed E-state index contributed by atoms with van der Waals surface area (Å²) in [6.07, 6.45) is 2.62. The Morgan fingerprint density at radius 3 is 2.52 bits per heavy atom. The quantitative estimate of drug-likeness (QED) is 0.640. The zero-order valence-corrected chi connectivity index (χ0v) is 16.4. The topological polar surface area (TPSA) is 72.5 Å². The van der Waals surface area contributed by atoms with Crippen molar-refractivity contribution in [3.05, 3.63) is 77.4 Å². The van der Waals surface area contributed by atoms with Crippen LogP contribution in [0.1, 0.15) is 30.9 Å². The molecule has 0 saturated heterocycles. The Morgan fingerprint density at radius 2 is 1.83 bits per heavy atom. The lowest BCUT2D eigenvalue weighted by Gasteiger charge is -2.46. The fourth-order valence-electron chi connectivity index (χ4n) is 5.09. The fraction of sp³-hybridized carbons (Fsp3) is 0.292. The molecule has 0 fully saturated rings. The van der Waals surface area contributed by atoms with Gasteiger partial charge >= 0.3 is 5.97 Å². The van der Waals surface area contributed by atoms with Gasteiger partial charge in [-0.15, -0.1) is 0 Å². The van der Waals surface area contributed by atoms with Gasteiger partial charge in [-0.25, -0.2) is 0 Å². The molecule has 0 bridgehead atoms. The average Bonchev–Trinajstić information content (AvgIpc) is 3.00. The number of ether oxygens (including phenoxy) is 1. The number of esters is 1. The third-order valence-electron chi connectivity index (χ3n) is 6.07. The number of hydrogen-bond donors (Lipinski definition) is 1. The number of rotatable bonds is 4. The van der Waals surface area contributed by atoms with Gasteiger partial charge in [0.15, 0.2) is 0 Å². The summed E-state index contributed by atoms with van der Waals surface area (Å²) in [5.41, 5.74) is 1.48. The van der Waals surface area contributed by atoms with Crippen LogP contribution in [0.5, 0.6) is 0 Å². The second-order valence-corrected chi connectivity index (χ2v) is 7.59. The molecule has 1 amide bonds. The summed E-state index contributed by atoms with van der Waals surface area (Å²) in [4.78, 5) is 39.0. The average molecular weight is 389 g/mol. The largest absolute Gasteiger partial charge is 0.466 e. The van der Waals surface area contributed by atoms with Gasteiger partial charge in [0.1, 0.15) is 11.7 Å². The Balaban J connectivity index is 2.07. The molecule has 4 rings (SSSR count). The summed E-state index contributed by atoms with van der Waals surface area (Å²) < 4.78 is 5.42.